The third-order valence-corrected chi connectivity index (χ3v) is 4.60. The van der Waals surface area contributed by atoms with Crippen molar-refractivity contribution in [2.45, 2.75) is 42.6 Å². The predicted molar refractivity (Wildman–Crippen MR) is 73.2 cm³/mol. The number of hydrogen-bond acceptors (Lipinski definition) is 6. The van der Waals surface area contributed by atoms with Crippen molar-refractivity contribution >= 4 is 20.2 Å². The van der Waals surface area contributed by atoms with Crippen molar-refractivity contribution in [1.29, 1.82) is 0 Å². The summed E-state index contributed by atoms with van der Waals surface area (Å²) in [6.07, 6.45) is 0. The molecule has 0 saturated heterocycles. The van der Waals surface area contributed by atoms with E-state index in [1.165, 1.54) is 0 Å². The van der Waals surface area contributed by atoms with Crippen LogP contribution in [0.2, 0.25) is 0 Å². The van der Waals surface area contributed by atoms with E-state index in [2.05, 4.69) is 0 Å². The molecule has 120 valence electrons. The molecule has 0 aromatic heterocycles. The van der Waals surface area contributed by atoms with Crippen LogP contribution in [0.4, 0.5) is 0 Å². The highest BCUT2D eigenvalue weighted by atomic mass is 32.2. The molecule has 1 aromatic rings. The number of hydroxylamine groups is 2. The Hall–Kier alpha value is -1.04. The molecule has 1 rings (SSSR count). The summed E-state index contributed by atoms with van der Waals surface area (Å²) in [6, 6.07) is 3.03. The van der Waals surface area contributed by atoms with Crippen LogP contribution in [0.5, 0.6) is 0 Å². The van der Waals surface area contributed by atoms with Crippen LogP contribution >= 0.6 is 0 Å². The Morgan fingerprint density at radius 1 is 1.00 bits per heavy atom. The SMILES string of the molecule is CC(C)(C)N(O)Cc1c(S(=O)(=O)O)cccc1S(=O)(=O)O. The van der Waals surface area contributed by atoms with Crippen LogP contribution in [-0.2, 0) is 26.8 Å². The van der Waals surface area contributed by atoms with Crippen molar-refractivity contribution in [3.63, 3.8) is 0 Å². The summed E-state index contributed by atoms with van der Waals surface area (Å²) in [5.41, 5.74) is -1.23. The first-order valence-corrected chi connectivity index (χ1v) is 8.66. The fourth-order valence-electron chi connectivity index (χ4n) is 1.57. The molecule has 0 fully saturated rings. The molecule has 0 unspecified atom stereocenters. The summed E-state index contributed by atoms with van der Waals surface area (Å²) in [5.74, 6) is 0. The first kappa shape index (κ1) is 18.0. The zero-order valence-corrected chi connectivity index (χ0v) is 13.3. The van der Waals surface area contributed by atoms with Crippen LogP contribution in [-0.4, -0.2) is 41.8 Å². The third kappa shape index (κ3) is 4.46. The summed E-state index contributed by atoms with van der Waals surface area (Å²) >= 11 is 0. The van der Waals surface area contributed by atoms with Gasteiger partial charge in [0, 0.05) is 11.1 Å². The topological polar surface area (TPSA) is 132 Å². The van der Waals surface area contributed by atoms with Crippen LogP contribution in [0.15, 0.2) is 28.0 Å². The van der Waals surface area contributed by atoms with E-state index in [0.717, 1.165) is 18.2 Å². The molecule has 0 aliphatic heterocycles. The van der Waals surface area contributed by atoms with E-state index < -0.39 is 47.7 Å². The highest BCUT2D eigenvalue weighted by Gasteiger charge is 2.28. The average Bonchev–Trinajstić information content (AvgIpc) is 2.24. The molecule has 8 nitrogen and oxygen atoms in total. The molecule has 10 heteroatoms. The molecule has 0 saturated carbocycles. The molecule has 0 radical (unpaired) electrons. The van der Waals surface area contributed by atoms with Gasteiger partial charge in [-0.1, -0.05) is 6.07 Å². The quantitative estimate of drug-likeness (QED) is 0.550. The molecule has 0 heterocycles. The van der Waals surface area contributed by atoms with Gasteiger partial charge in [-0.3, -0.25) is 9.11 Å². The van der Waals surface area contributed by atoms with E-state index >= 15 is 0 Å². The molecule has 1 aromatic carbocycles. The second-order valence-corrected chi connectivity index (χ2v) is 8.19. The lowest BCUT2D eigenvalue weighted by Crippen LogP contribution is -2.38. The van der Waals surface area contributed by atoms with Gasteiger partial charge in [-0.05, 0) is 32.9 Å². The lowest BCUT2D eigenvalue weighted by molar-refractivity contribution is -0.164. The summed E-state index contributed by atoms with van der Waals surface area (Å²) in [7, 11) is -9.44. The molecular formula is C11H17NO7S2. The van der Waals surface area contributed by atoms with Crippen molar-refractivity contribution in [1.82, 2.24) is 5.06 Å². The zero-order chi connectivity index (χ0) is 16.6. The summed E-state index contributed by atoms with van der Waals surface area (Å²) in [5, 5.41) is 10.6. The molecule has 0 aliphatic carbocycles. The molecule has 0 aliphatic rings. The standard InChI is InChI=1S/C11H17NO7S2/c1-11(2,3)12(13)7-8-9(20(14,15)16)5-4-6-10(8)21(17,18)19/h4-6,13H,7H2,1-3H3,(H,14,15,16)(H,17,18,19). The molecule has 3 N–H and O–H groups in total. The summed E-state index contributed by atoms with van der Waals surface area (Å²) in [4.78, 5) is -1.39. The molecular weight excluding hydrogens is 322 g/mol. The lowest BCUT2D eigenvalue weighted by atomic mass is 10.1. The predicted octanol–water partition coefficient (Wildman–Crippen LogP) is 1.17. The Balaban J connectivity index is 3.59. The van der Waals surface area contributed by atoms with E-state index in [0.29, 0.717) is 5.06 Å². The fourth-order valence-corrected chi connectivity index (χ4v) is 3.11. The maximum Gasteiger partial charge on any atom is 0.294 e. The van der Waals surface area contributed by atoms with Gasteiger partial charge in [-0.25, -0.2) is 0 Å². The molecule has 0 amide bonds. The minimum Gasteiger partial charge on any atom is -0.313 e. The Kier molecular flexibility index (Phi) is 4.83. The molecule has 21 heavy (non-hydrogen) atoms. The van der Waals surface area contributed by atoms with Gasteiger partial charge in [0.1, 0.15) is 0 Å². The van der Waals surface area contributed by atoms with Gasteiger partial charge in [0.25, 0.3) is 20.2 Å². The van der Waals surface area contributed by atoms with Gasteiger partial charge < -0.3 is 5.21 Å². The Bertz CT molecular complexity index is 682. The normalized spacial score (nSPS) is 13.7. The van der Waals surface area contributed by atoms with Crippen molar-refractivity contribution in [2.75, 3.05) is 0 Å². The first-order valence-electron chi connectivity index (χ1n) is 5.78. The average molecular weight is 339 g/mol. The summed E-state index contributed by atoms with van der Waals surface area (Å²) < 4.78 is 63.7. The number of rotatable bonds is 4. The van der Waals surface area contributed by atoms with Crippen LogP contribution in [0.1, 0.15) is 26.3 Å². The fraction of sp³-hybridized carbons (Fsp3) is 0.455. The van der Waals surface area contributed by atoms with Crippen LogP contribution < -0.4 is 0 Å². The first-order chi connectivity index (χ1) is 9.24. The maximum atomic E-state index is 11.3. The van der Waals surface area contributed by atoms with Crippen molar-refractivity contribution in [3.8, 4) is 0 Å². The van der Waals surface area contributed by atoms with Gasteiger partial charge >= 0.3 is 0 Å². The highest BCUT2D eigenvalue weighted by Crippen LogP contribution is 2.26. The Morgan fingerprint density at radius 3 is 1.67 bits per heavy atom. The Morgan fingerprint density at radius 2 is 1.38 bits per heavy atom. The monoisotopic (exact) mass is 339 g/mol. The van der Waals surface area contributed by atoms with E-state index in [-0.39, 0.29) is 0 Å². The number of nitrogens with zero attached hydrogens (tertiary/aromatic N) is 1. The van der Waals surface area contributed by atoms with E-state index in [9.17, 15) is 31.1 Å². The second-order valence-electron chi connectivity index (χ2n) is 5.41. The van der Waals surface area contributed by atoms with Gasteiger partial charge in [0.15, 0.2) is 0 Å². The minimum absolute atomic E-state index is 0.417. The van der Waals surface area contributed by atoms with Crippen molar-refractivity contribution in [3.05, 3.63) is 23.8 Å². The van der Waals surface area contributed by atoms with Gasteiger partial charge in [-0.15, -0.1) is 0 Å². The Labute approximate surface area is 123 Å². The van der Waals surface area contributed by atoms with Crippen LogP contribution in [0.3, 0.4) is 0 Å². The van der Waals surface area contributed by atoms with Gasteiger partial charge in [0.2, 0.25) is 0 Å². The van der Waals surface area contributed by atoms with Gasteiger partial charge in [0.05, 0.1) is 16.3 Å². The highest BCUT2D eigenvalue weighted by molar-refractivity contribution is 7.86. The largest absolute Gasteiger partial charge is 0.313 e. The number of benzene rings is 1. The third-order valence-electron chi connectivity index (χ3n) is 2.73. The van der Waals surface area contributed by atoms with Gasteiger partial charge in [-0.2, -0.15) is 21.9 Å². The summed E-state index contributed by atoms with van der Waals surface area (Å²) in [6.45, 7) is 4.30. The van der Waals surface area contributed by atoms with E-state index in [1.54, 1.807) is 20.8 Å². The molecule has 0 atom stereocenters. The van der Waals surface area contributed by atoms with Crippen LogP contribution in [0, 0.1) is 0 Å². The maximum absolute atomic E-state index is 11.3. The molecule has 0 bridgehead atoms. The zero-order valence-electron chi connectivity index (χ0n) is 11.7. The van der Waals surface area contributed by atoms with Crippen molar-refractivity contribution in [2.24, 2.45) is 0 Å². The van der Waals surface area contributed by atoms with E-state index in [4.69, 9.17) is 0 Å². The second kappa shape index (κ2) is 5.63. The number of hydrogen-bond donors (Lipinski definition) is 3. The van der Waals surface area contributed by atoms with Crippen molar-refractivity contribution < 1.29 is 31.1 Å². The van der Waals surface area contributed by atoms with E-state index in [1.807, 2.05) is 0 Å². The molecule has 0 spiro atoms. The smallest absolute Gasteiger partial charge is 0.294 e. The lowest BCUT2D eigenvalue weighted by Gasteiger charge is -2.30. The minimum atomic E-state index is -4.72. The van der Waals surface area contributed by atoms with Crippen LogP contribution in [0.25, 0.3) is 0 Å².